The standard InChI is InChI=1S/C44H38Cl4N8O6S/c1-23(57)53-11-15-55(16-12-53)37(59)9-5-25-3-7-35(41(47)39(25)27-19-31-33(21-29(27)45)51-43(61)49-31)63-36-8-4-26(6-10-38(60)56-17-13-54(14-18-56)24(2)58)40(42(36)48)28-20-32-34(22-30(28)46)52-44(62)50-32/h3-10,19-22H,11-18H2,1-2H3,(H2,49,51,61)(H2,50,52,62)/b9-5+,10-6+. The van der Waals surface area contributed by atoms with Gasteiger partial charge in [-0.15, -0.1) is 0 Å². The van der Waals surface area contributed by atoms with E-state index in [2.05, 4.69) is 19.9 Å². The Bertz CT molecular complexity index is 2830. The molecule has 19 heteroatoms. The lowest BCUT2D eigenvalue weighted by molar-refractivity contribution is -0.135. The molecule has 6 aromatic rings. The quantitative estimate of drug-likeness (QED) is 0.114. The van der Waals surface area contributed by atoms with Crippen molar-refractivity contribution in [2.75, 3.05) is 52.4 Å². The Morgan fingerprint density at radius 2 is 0.857 bits per heavy atom. The molecule has 324 valence electrons. The summed E-state index contributed by atoms with van der Waals surface area (Å²) in [5.41, 5.74) is 4.27. The Morgan fingerprint density at radius 1 is 0.524 bits per heavy atom. The molecular weight excluding hydrogens is 910 g/mol. The van der Waals surface area contributed by atoms with Crippen molar-refractivity contribution in [3.8, 4) is 22.3 Å². The first-order valence-electron chi connectivity index (χ1n) is 19.8. The van der Waals surface area contributed by atoms with E-state index in [4.69, 9.17) is 46.4 Å². The summed E-state index contributed by atoms with van der Waals surface area (Å²) < 4.78 is 0. The molecule has 2 fully saturated rings. The van der Waals surface area contributed by atoms with E-state index < -0.39 is 11.4 Å². The number of nitrogens with one attached hydrogen (secondary N) is 4. The van der Waals surface area contributed by atoms with E-state index in [-0.39, 0.29) is 33.7 Å². The van der Waals surface area contributed by atoms with Gasteiger partial charge in [-0.25, -0.2) is 9.59 Å². The van der Waals surface area contributed by atoms with Crippen molar-refractivity contribution in [2.24, 2.45) is 0 Å². The number of aromatic amines is 4. The predicted octanol–water partition coefficient (Wildman–Crippen LogP) is 7.53. The number of fused-ring (bicyclic) bond motifs is 2. The van der Waals surface area contributed by atoms with Gasteiger partial charge >= 0.3 is 11.4 Å². The molecule has 0 aliphatic carbocycles. The van der Waals surface area contributed by atoms with E-state index in [1.165, 1.54) is 37.8 Å². The smallest absolute Gasteiger partial charge is 0.323 e. The van der Waals surface area contributed by atoms with Crippen LogP contribution in [-0.4, -0.2) is 116 Å². The third-order valence-corrected chi connectivity index (χ3v) is 13.9. The molecule has 14 nitrogen and oxygen atoms in total. The van der Waals surface area contributed by atoms with E-state index in [9.17, 15) is 28.8 Å². The molecule has 4 amide bonds. The van der Waals surface area contributed by atoms with Crippen LogP contribution in [0.2, 0.25) is 20.1 Å². The highest BCUT2D eigenvalue weighted by Gasteiger charge is 2.25. The molecule has 4 heterocycles. The maximum Gasteiger partial charge on any atom is 0.323 e. The number of piperazine rings is 2. The van der Waals surface area contributed by atoms with Crippen LogP contribution in [0.4, 0.5) is 0 Å². The molecule has 0 saturated carbocycles. The van der Waals surface area contributed by atoms with Crippen LogP contribution in [0.25, 0.3) is 56.5 Å². The first-order chi connectivity index (χ1) is 30.1. The van der Waals surface area contributed by atoms with Gasteiger partial charge in [0.1, 0.15) is 0 Å². The topological polar surface area (TPSA) is 179 Å². The highest BCUT2D eigenvalue weighted by Crippen LogP contribution is 2.48. The summed E-state index contributed by atoms with van der Waals surface area (Å²) in [5, 5.41) is 1.15. The number of hydrogen-bond acceptors (Lipinski definition) is 7. The molecule has 2 aromatic heterocycles. The molecule has 2 aliphatic rings. The van der Waals surface area contributed by atoms with Crippen LogP contribution in [0.5, 0.6) is 0 Å². The Hall–Kier alpha value is -5.71. The molecule has 2 aliphatic heterocycles. The second-order valence-electron chi connectivity index (χ2n) is 15.0. The van der Waals surface area contributed by atoms with Gasteiger partial charge in [0.2, 0.25) is 23.6 Å². The van der Waals surface area contributed by atoms with Gasteiger partial charge in [-0.05, 0) is 59.7 Å². The fourth-order valence-corrected chi connectivity index (χ4v) is 9.94. The van der Waals surface area contributed by atoms with Crippen LogP contribution in [0.15, 0.2) is 80.1 Å². The summed E-state index contributed by atoms with van der Waals surface area (Å²) in [6.07, 6.45) is 6.24. The third kappa shape index (κ3) is 9.20. The normalized spacial score (nSPS) is 14.8. The molecule has 0 spiro atoms. The molecule has 0 unspecified atom stereocenters. The van der Waals surface area contributed by atoms with E-state index in [1.807, 2.05) is 12.1 Å². The number of imidazole rings is 2. The van der Waals surface area contributed by atoms with Gasteiger partial charge in [0.05, 0.1) is 42.2 Å². The fraction of sp³-hybridized carbons (Fsp3) is 0.227. The number of hydrogen-bond donors (Lipinski definition) is 4. The van der Waals surface area contributed by atoms with Crippen molar-refractivity contribution in [3.05, 3.63) is 113 Å². The van der Waals surface area contributed by atoms with Crippen molar-refractivity contribution >= 4 is 116 Å². The molecule has 0 atom stereocenters. The Labute approximate surface area is 383 Å². The van der Waals surface area contributed by atoms with Crippen LogP contribution < -0.4 is 11.4 Å². The highest BCUT2D eigenvalue weighted by atomic mass is 35.5. The zero-order chi connectivity index (χ0) is 44.7. The molecule has 0 bridgehead atoms. The molecular formula is C44H38Cl4N8O6S. The lowest BCUT2D eigenvalue weighted by atomic mass is 9.98. The lowest BCUT2D eigenvalue weighted by Gasteiger charge is -2.33. The number of carbonyl (C=O) groups is 4. The van der Waals surface area contributed by atoms with Gasteiger partial charge in [0, 0.05) is 110 Å². The van der Waals surface area contributed by atoms with Crippen LogP contribution in [0, 0.1) is 0 Å². The van der Waals surface area contributed by atoms with Gasteiger partial charge in [-0.2, -0.15) is 0 Å². The van der Waals surface area contributed by atoms with Gasteiger partial charge in [0.15, 0.2) is 0 Å². The molecule has 4 aromatic carbocycles. The van der Waals surface area contributed by atoms with Gasteiger partial charge in [-0.3, -0.25) is 19.2 Å². The average Bonchev–Trinajstić information content (AvgIpc) is 3.81. The largest absolute Gasteiger partial charge is 0.339 e. The first kappa shape index (κ1) is 43.9. The molecule has 63 heavy (non-hydrogen) atoms. The van der Waals surface area contributed by atoms with E-state index in [0.29, 0.717) is 128 Å². The summed E-state index contributed by atoms with van der Waals surface area (Å²) in [6, 6.07) is 13.9. The molecule has 2 saturated heterocycles. The van der Waals surface area contributed by atoms with Gasteiger partial charge < -0.3 is 39.5 Å². The Kier molecular flexibility index (Phi) is 12.7. The SMILES string of the molecule is CC(=O)N1CCN(C(=O)/C=C/c2ccc(Sc3ccc(/C=C/C(=O)N4CCN(C(C)=O)CC4)c(-c4cc5[nH]c(=O)[nH]c5cc4Cl)c3Cl)c(Cl)c2-c2cc3[nH]c(=O)[nH]c3cc2Cl)CC1. The second kappa shape index (κ2) is 18.2. The first-order valence-corrected chi connectivity index (χ1v) is 22.1. The predicted molar refractivity (Wildman–Crippen MR) is 249 cm³/mol. The number of amides is 4. The van der Waals surface area contributed by atoms with Crippen molar-refractivity contribution < 1.29 is 19.2 Å². The summed E-state index contributed by atoms with van der Waals surface area (Å²) >= 11 is 29.8. The number of rotatable bonds is 8. The minimum absolute atomic E-state index is 0.0397. The van der Waals surface area contributed by atoms with Crippen molar-refractivity contribution in [2.45, 2.75) is 23.6 Å². The van der Waals surface area contributed by atoms with Gasteiger partial charge in [0.25, 0.3) is 0 Å². The lowest BCUT2D eigenvalue weighted by Crippen LogP contribution is -2.49. The van der Waals surface area contributed by atoms with Gasteiger partial charge in [-0.1, -0.05) is 70.3 Å². The fourth-order valence-electron chi connectivity index (χ4n) is 7.76. The van der Waals surface area contributed by atoms with Crippen LogP contribution in [0.1, 0.15) is 25.0 Å². The number of H-pyrrole nitrogens is 4. The Morgan fingerprint density at radius 3 is 1.21 bits per heavy atom. The summed E-state index contributed by atoms with van der Waals surface area (Å²) in [6.45, 7) is 6.35. The van der Waals surface area contributed by atoms with Crippen molar-refractivity contribution in [3.63, 3.8) is 0 Å². The van der Waals surface area contributed by atoms with Crippen molar-refractivity contribution in [1.29, 1.82) is 0 Å². The summed E-state index contributed by atoms with van der Waals surface area (Å²) in [5.74, 6) is -0.549. The summed E-state index contributed by atoms with van der Waals surface area (Å²) in [7, 11) is 0. The highest BCUT2D eigenvalue weighted by molar-refractivity contribution is 7.99. The number of nitrogens with zero attached hydrogens (tertiary/aromatic N) is 4. The third-order valence-electron chi connectivity index (χ3n) is 11.1. The van der Waals surface area contributed by atoms with E-state index in [1.54, 1.807) is 68.1 Å². The maximum atomic E-state index is 13.4. The molecule has 0 radical (unpaired) electrons. The second-order valence-corrected chi connectivity index (χ2v) is 17.7. The average molecular weight is 949 g/mol. The minimum Gasteiger partial charge on any atom is -0.339 e. The van der Waals surface area contributed by atoms with Crippen molar-refractivity contribution in [1.82, 2.24) is 39.5 Å². The zero-order valence-electron chi connectivity index (χ0n) is 33.7. The Balaban J connectivity index is 1.18. The monoisotopic (exact) mass is 946 g/mol. The number of carbonyl (C=O) groups excluding carboxylic acids is 4. The van der Waals surface area contributed by atoms with Crippen LogP contribution in [-0.2, 0) is 19.2 Å². The van der Waals surface area contributed by atoms with E-state index in [0.717, 1.165) is 0 Å². The number of halogens is 4. The molecule has 8 rings (SSSR count). The van der Waals surface area contributed by atoms with Crippen LogP contribution >= 0.6 is 58.2 Å². The number of aromatic nitrogens is 4. The zero-order valence-corrected chi connectivity index (χ0v) is 37.6. The minimum atomic E-state index is -0.410. The van der Waals surface area contributed by atoms with Crippen LogP contribution in [0.3, 0.4) is 0 Å². The maximum absolute atomic E-state index is 13.4. The summed E-state index contributed by atoms with van der Waals surface area (Å²) in [4.78, 5) is 93.8. The number of benzene rings is 4. The van der Waals surface area contributed by atoms with E-state index >= 15 is 0 Å². The molecule has 4 N–H and O–H groups in total.